The monoisotopic (exact) mass is 306 g/mol. The number of hydrogen-bond donors (Lipinski definition) is 0. The van der Waals surface area contributed by atoms with Crippen LogP contribution in [-0.4, -0.2) is 5.78 Å². The molecule has 1 nitrogen and oxygen atoms in total. The highest BCUT2D eigenvalue weighted by molar-refractivity contribution is 9.10. The summed E-state index contributed by atoms with van der Waals surface area (Å²) in [6.45, 7) is 1.80. The number of hydrogen-bond acceptors (Lipinski definition) is 1. The number of rotatable bonds is 3. The molecule has 0 heterocycles. The zero-order chi connectivity index (χ0) is 13.1. The first-order valence-corrected chi connectivity index (χ1v) is 6.40. The number of aryl methyl sites for hydroxylation is 1. The number of ketones is 1. The van der Waals surface area contributed by atoms with Crippen molar-refractivity contribution in [3.8, 4) is 0 Å². The van der Waals surface area contributed by atoms with E-state index in [4.69, 9.17) is 0 Å². The maximum Gasteiger partial charge on any atom is 0.170 e. The summed E-state index contributed by atoms with van der Waals surface area (Å²) in [6.07, 6.45) is 0.196. The van der Waals surface area contributed by atoms with E-state index >= 15 is 0 Å². The number of Topliss-reactive ketones (excluding diaryl/α,β-unsaturated/α-hetero) is 1. The van der Waals surface area contributed by atoms with Crippen LogP contribution in [0.1, 0.15) is 21.5 Å². The van der Waals surface area contributed by atoms with Gasteiger partial charge in [-0.2, -0.15) is 0 Å². The predicted molar refractivity (Wildman–Crippen MR) is 73.3 cm³/mol. The zero-order valence-corrected chi connectivity index (χ0v) is 11.5. The molecule has 0 aromatic heterocycles. The van der Waals surface area contributed by atoms with Crippen molar-refractivity contribution in [2.75, 3.05) is 0 Å². The Morgan fingerprint density at radius 3 is 2.61 bits per heavy atom. The third kappa shape index (κ3) is 2.85. The molecule has 0 fully saturated rings. The van der Waals surface area contributed by atoms with Crippen LogP contribution in [0.25, 0.3) is 0 Å². The number of carbonyl (C=O) groups excluding carboxylic acids is 1. The second-order valence-corrected chi connectivity index (χ2v) is 5.03. The molecule has 0 atom stereocenters. The van der Waals surface area contributed by atoms with E-state index < -0.39 is 5.82 Å². The molecule has 0 aliphatic carbocycles. The highest BCUT2D eigenvalue weighted by Crippen LogP contribution is 2.19. The summed E-state index contributed by atoms with van der Waals surface area (Å²) in [5.74, 6) is -0.661. The summed E-state index contributed by atoms with van der Waals surface area (Å²) in [7, 11) is 0. The molecule has 0 aliphatic heterocycles. The summed E-state index contributed by atoms with van der Waals surface area (Å²) < 4.78 is 14.5. The Morgan fingerprint density at radius 1 is 1.22 bits per heavy atom. The van der Waals surface area contributed by atoms with Crippen molar-refractivity contribution in [3.63, 3.8) is 0 Å². The van der Waals surface area contributed by atoms with Gasteiger partial charge in [-0.05, 0) is 36.2 Å². The lowest BCUT2D eigenvalue weighted by molar-refractivity contribution is 0.0989. The first-order chi connectivity index (χ1) is 8.58. The van der Waals surface area contributed by atoms with Crippen molar-refractivity contribution in [3.05, 3.63) is 69.4 Å². The largest absolute Gasteiger partial charge is 0.294 e. The molecule has 0 radical (unpaired) electrons. The van der Waals surface area contributed by atoms with Gasteiger partial charge < -0.3 is 0 Å². The van der Waals surface area contributed by atoms with E-state index in [1.165, 1.54) is 6.07 Å². The third-order valence-electron chi connectivity index (χ3n) is 2.73. The molecule has 2 aromatic rings. The molecule has 2 rings (SSSR count). The topological polar surface area (TPSA) is 17.1 Å². The van der Waals surface area contributed by atoms with Gasteiger partial charge in [-0.15, -0.1) is 0 Å². The summed E-state index contributed by atoms with van der Waals surface area (Å²) in [5, 5.41) is 0. The lowest BCUT2D eigenvalue weighted by atomic mass is 10.0. The summed E-state index contributed by atoms with van der Waals surface area (Å²) in [5.41, 5.74) is 1.82. The van der Waals surface area contributed by atoms with E-state index in [1.807, 2.05) is 24.3 Å². The minimum atomic E-state index is -0.452. The first-order valence-electron chi connectivity index (χ1n) is 5.60. The first kappa shape index (κ1) is 13.0. The Morgan fingerprint density at radius 2 is 1.94 bits per heavy atom. The fraction of sp³-hybridized carbons (Fsp3) is 0.133. The zero-order valence-electron chi connectivity index (χ0n) is 9.91. The molecule has 0 unspecified atom stereocenters. The second-order valence-electron chi connectivity index (χ2n) is 4.17. The molecule has 92 valence electrons. The minimum absolute atomic E-state index is 0.149. The molecular formula is C15H12BrFO. The molecule has 0 saturated heterocycles. The van der Waals surface area contributed by atoms with E-state index in [-0.39, 0.29) is 17.8 Å². The maximum atomic E-state index is 13.7. The van der Waals surface area contributed by atoms with Crippen LogP contribution in [-0.2, 0) is 6.42 Å². The van der Waals surface area contributed by atoms with Gasteiger partial charge in [0.15, 0.2) is 5.78 Å². The fourth-order valence-corrected chi connectivity index (χ4v) is 2.18. The molecular weight excluding hydrogens is 295 g/mol. The quantitative estimate of drug-likeness (QED) is 0.772. The van der Waals surface area contributed by atoms with E-state index in [0.29, 0.717) is 0 Å². The summed E-state index contributed by atoms with van der Waals surface area (Å²) in [6, 6.07) is 12.1. The summed E-state index contributed by atoms with van der Waals surface area (Å²) in [4.78, 5) is 12.0. The highest BCUT2D eigenvalue weighted by atomic mass is 79.9. The van der Waals surface area contributed by atoms with E-state index in [2.05, 4.69) is 15.9 Å². The average molecular weight is 307 g/mol. The Balaban J connectivity index is 2.25. The van der Waals surface area contributed by atoms with Crippen LogP contribution in [0, 0.1) is 12.7 Å². The van der Waals surface area contributed by atoms with Crippen LogP contribution in [0.15, 0.2) is 46.9 Å². The van der Waals surface area contributed by atoms with Crippen LogP contribution in [0.4, 0.5) is 4.39 Å². The van der Waals surface area contributed by atoms with Gasteiger partial charge >= 0.3 is 0 Å². The normalized spacial score (nSPS) is 10.4. The van der Waals surface area contributed by atoms with Crippen LogP contribution >= 0.6 is 15.9 Å². The molecule has 0 N–H and O–H groups in total. The molecule has 0 bridgehead atoms. The second kappa shape index (κ2) is 5.44. The molecule has 0 saturated carbocycles. The Kier molecular flexibility index (Phi) is 3.92. The Labute approximate surface area is 114 Å². The smallest absolute Gasteiger partial charge is 0.170 e. The Bertz CT molecular complexity index is 593. The molecule has 0 aliphatic rings. The van der Waals surface area contributed by atoms with Gasteiger partial charge in [-0.25, -0.2) is 4.39 Å². The van der Waals surface area contributed by atoms with Gasteiger partial charge in [0.2, 0.25) is 0 Å². The van der Waals surface area contributed by atoms with Crippen LogP contribution in [0.5, 0.6) is 0 Å². The highest BCUT2D eigenvalue weighted by Gasteiger charge is 2.13. The maximum absolute atomic E-state index is 13.7. The standard InChI is InChI=1S/C15H12BrFO/c1-10-6-7-12(14(17)8-10)15(18)9-11-4-2-3-5-13(11)16/h2-8H,9H2,1H3. The minimum Gasteiger partial charge on any atom is -0.294 e. The Hall–Kier alpha value is -1.48. The fourth-order valence-electron chi connectivity index (χ4n) is 1.76. The number of benzene rings is 2. The van der Waals surface area contributed by atoms with Crippen molar-refractivity contribution in [2.45, 2.75) is 13.3 Å². The summed E-state index contributed by atoms with van der Waals surface area (Å²) >= 11 is 3.38. The molecule has 0 amide bonds. The van der Waals surface area contributed by atoms with E-state index in [9.17, 15) is 9.18 Å². The SMILES string of the molecule is Cc1ccc(C(=O)Cc2ccccc2Br)c(F)c1. The lowest BCUT2D eigenvalue weighted by Gasteiger charge is -2.05. The lowest BCUT2D eigenvalue weighted by Crippen LogP contribution is -2.06. The van der Waals surface area contributed by atoms with E-state index in [0.717, 1.165) is 15.6 Å². The average Bonchev–Trinajstić information content (AvgIpc) is 2.32. The van der Waals surface area contributed by atoms with Crippen LogP contribution in [0.2, 0.25) is 0 Å². The molecule has 2 aromatic carbocycles. The van der Waals surface area contributed by atoms with Crippen molar-refractivity contribution in [1.29, 1.82) is 0 Å². The van der Waals surface area contributed by atoms with Crippen LogP contribution < -0.4 is 0 Å². The molecule has 0 spiro atoms. The molecule has 18 heavy (non-hydrogen) atoms. The van der Waals surface area contributed by atoms with Crippen LogP contribution in [0.3, 0.4) is 0 Å². The van der Waals surface area contributed by atoms with Gasteiger partial charge in [-0.3, -0.25) is 4.79 Å². The van der Waals surface area contributed by atoms with Gasteiger partial charge in [0.05, 0.1) is 5.56 Å². The van der Waals surface area contributed by atoms with Gasteiger partial charge in [0.25, 0.3) is 0 Å². The van der Waals surface area contributed by atoms with Crippen molar-refractivity contribution < 1.29 is 9.18 Å². The number of carbonyl (C=O) groups is 1. The van der Waals surface area contributed by atoms with Gasteiger partial charge in [0, 0.05) is 10.9 Å². The number of halogens is 2. The van der Waals surface area contributed by atoms with Crippen molar-refractivity contribution in [1.82, 2.24) is 0 Å². The predicted octanol–water partition coefficient (Wildman–Crippen LogP) is 4.32. The third-order valence-corrected chi connectivity index (χ3v) is 3.51. The van der Waals surface area contributed by atoms with Gasteiger partial charge in [-0.1, -0.05) is 40.2 Å². The van der Waals surface area contributed by atoms with Crippen molar-refractivity contribution in [2.24, 2.45) is 0 Å². The van der Waals surface area contributed by atoms with Gasteiger partial charge in [0.1, 0.15) is 5.82 Å². The molecule has 3 heteroatoms. The van der Waals surface area contributed by atoms with Crippen molar-refractivity contribution >= 4 is 21.7 Å². The van der Waals surface area contributed by atoms with E-state index in [1.54, 1.807) is 19.1 Å².